The van der Waals surface area contributed by atoms with Crippen LogP contribution in [0.3, 0.4) is 0 Å². The van der Waals surface area contributed by atoms with Crippen LogP contribution in [0.5, 0.6) is 5.75 Å². The Bertz CT molecular complexity index is 579. The van der Waals surface area contributed by atoms with Crippen molar-refractivity contribution in [3.63, 3.8) is 0 Å². The van der Waals surface area contributed by atoms with Crippen molar-refractivity contribution in [2.45, 2.75) is 38.1 Å². The quantitative estimate of drug-likeness (QED) is 0.919. The second-order valence-corrected chi connectivity index (χ2v) is 5.28. The smallest absolute Gasteiger partial charge is 0.231 e. The van der Waals surface area contributed by atoms with Gasteiger partial charge in [0.1, 0.15) is 5.75 Å². The summed E-state index contributed by atoms with van der Waals surface area (Å²) in [6, 6.07) is 7.92. The van der Waals surface area contributed by atoms with Gasteiger partial charge in [-0.3, -0.25) is 0 Å². The zero-order chi connectivity index (χ0) is 14.0. The van der Waals surface area contributed by atoms with Crippen LogP contribution in [0.25, 0.3) is 0 Å². The number of hydrogen-bond donors (Lipinski definition) is 1. The van der Waals surface area contributed by atoms with Gasteiger partial charge in [-0.1, -0.05) is 17.3 Å². The molecule has 0 bridgehead atoms. The molecule has 0 spiro atoms. The fraction of sp³-hybridized carbons (Fsp3) is 0.467. The number of aromatic nitrogens is 2. The predicted octanol–water partition coefficient (Wildman–Crippen LogP) is 2.82. The average Bonchev–Trinajstić information content (AvgIpc) is 2.87. The van der Waals surface area contributed by atoms with Crippen molar-refractivity contribution in [3.8, 4) is 5.75 Å². The minimum absolute atomic E-state index is 0. The van der Waals surface area contributed by atoms with Gasteiger partial charge in [-0.25, -0.2) is 0 Å². The average molecular weight is 310 g/mol. The van der Waals surface area contributed by atoms with Crippen LogP contribution < -0.4 is 10.5 Å². The SMILES string of the molecule is CCOc1ccc(Cc2nc(C3(N)CCC3)no2)cc1.Cl. The van der Waals surface area contributed by atoms with Crippen molar-refractivity contribution in [1.29, 1.82) is 0 Å². The fourth-order valence-electron chi connectivity index (χ4n) is 2.36. The van der Waals surface area contributed by atoms with Gasteiger partial charge in [0.25, 0.3) is 0 Å². The van der Waals surface area contributed by atoms with E-state index in [-0.39, 0.29) is 17.9 Å². The number of rotatable bonds is 5. The standard InChI is InChI=1S/C15H19N3O2.ClH/c1-2-19-12-6-4-11(5-7-12)10-13-17-14(18-20-13)15(16)8-3-9-15;/h4-7H,2-3,8-10,16H2,1H3;1H. The number of halogens is 1. The Morgan fingerprint density at radius 3 is 2.57 bits per heavy atom. The van der Waals surface area contributed by atoms with Crippen LogP contribution in [0.2, 0.25) is 0 Å². The van der Waals surface area contributed by atoms with Crippen molar-refractivity contribution >= 4 is 12.4 Å². The molecule has 0 unspecified atom stereocenters. The lowest BCUT2D eigenvalue weighted by Gasteiger charge is -2.34. The zero-order valence-electron chi connectivity index (χ0n) is 12.0. The Labute approximate surface area is 130 Å². The third-order valence-electron chi connectivity index (χ3n) is 3.75. The van der Waals surface area contributed by atoms with E-state index >= 15 is 0 Å². The molecule has 0 aliphatic heterocycles. The largest absolute Gasteiger partial charge is 0.494 e. The lowest BCUT2D eigenvalue weighted by Crippen LogP contribution is -2.44. The van der Waals surface area contributed by atoms with Gasteiger partial charge in [0, 0.05) is 0 Å². The molecule has 1 aromatic carbocycles. The van der Waals surface area contributed by atoms with Crippen molar-refractivity contribution in [2.75, 3.05) is 6.61 Å². The molecule has 1 heterocycles. The summed E-state index contributed by atoms with van der Waals surface area (Å²) in [6.07, 6.45) is 3.64. The first kappa shape index (κ1) is 15.8. The van der Waals surface area contributed by atoms with E-state index in [9.17, 15) is 0 Å². The highest BCUT2D eigenvalue weighted by Gasteiger charge is 2.38. The number of nitrogens with two attached hydrogens (primary N) is 1. The normalized spacial score (nSPS) is 15.9. The molecule has 0 radical (unpaired) electrons. The van der Waals surface area contributed by atoms with Crippen LogP contribution >= 0.6 is 12.4 Å². The van der Waals surface area contributed by atoms with E-state index in [2.05, 4.69) is 10.1 Å². The highest BCUT2D eigenvalue weighted by Crippen LogP contribution is 2.36. The summed E-state index contributed by atoms with van der Waals surface area (Å²) < 4.78 is 10.7. The van der Waals surface area contributed by atoms with E-state index in [1.165, 1.54) is 0 Å². The molecule has 2 aromatic rings. The first-order valence-corrected chi connectivity index (χ1v) is 7.03. The predicted molar refractivity (Wildman–Crippen MR) is 81.7 cm³/mol. The summed E-state index contributed by atoms with van der Waals surface area (Å²) in [5, 5.41) is 4.02. The molecule has 5 nitrogen and oxygen atoms in total. The van der Waals surface area contributed by atoms with Gasteiger partial charge in [0.15, 0.2) is 5.82 Å². The van der Waals surface area contributed by atoms with Crippen molar-refractivity contribution in [3.05, 3.63) is 41.5 Å². The highest BCUT2D eigenvalue weighted by atomic mass is 35.5. The lowest BCUT2D eigenvalue weighted by atomic mass is 9.77. The summed E-state index contributed by atoms with van der Waals surface area (Å²) in [5.74, 6) is 2.13. The summed E-state index contributed by atoms with van der Waals surface area (Å²) in [6.45, 7) is 2.64. The first-order chi connectivity index (χ1) is 9.69. The second-order valence-electron chi connectivity index (χ2n) is 5.28. The Morgan fingerprint density at radius 2 is 2.00 bits per heavy atom. The van der Waals surface area contributed by atoms with Crippen molar-refractivity contribution in [2.24, 2.45) is 5.73 Å². The Kier molecular flexibility index (Phi) is 4.85. The zero-order valence-corrected chi connectivity index (χ0v) is 12.9. The Morgan fingerprint density at radius 1 is 1.29 bits per heavy atom. The monoisotopic (exact) mass is 309 g/mol. The van der Waals surface area contributed by atoms with E-state index < -0.39 is 0 Å². The topological polar surface area (TPSA) is 74.2 Å². The van der Waals surface area contributed by atoms with E-state index in [4.69, 9.17) is 15.0 Å². The molecule has 1 aromatic heterocycles. The Balaban J connectivity index is 0.00000161. The van der Waals surface area contributed by atoms with Crippen LogP contribution in [0.15, 0.2) is 28.8 Å². The first-order valence-electron chi connectivity index (χ1n) is 7.03. The molecule has 1 aliphatic carbocycles. The van der Waals surface area contributed by atoms with E-state index in [0.29, 0.717) is 24.7 Å². The molecule has 1 aliphatic rings. The summed E-state index contributed by atoms with van der Waals surface area (Å²) >= 11 is 0. The fourth-order valence-corrected chi connectivity index (χ4v) is 2.36. The van der Waals surface area contributed by atoms with Gasteiger partial charge >= 0.3 is 0 Å². The van der Waals surface area contributed by atoms with E-state index in [1.807, 2.05) is 31.2 Å². The third-order valence-corrected chi connectivity index (χ3v) is 3.75. The summed E-state index contributed by atoms with van der Waals surface area (Å²) in [5.41, 5.74) is 6.94. The highest BCUT2D eigenvalue weighted by molar-refractivity contribution is 5.85. The second kappa shape index (κ2) is 6.45. The van der Waals surface area contributed by atoms with Gasteiger partial charge in [-0.05, 0) is 43.9 Å². The molecule has 6 heteroatoms. The van der Waals surface area contributed by atoms with Crippen molar-refractivity contribution < 1.29 is 9.26 Å². The van der Waals surface area contributed by atoms with Crippen LogP contribution in [-0.2, 0) is 12.0 Å². The van der Waals surface area contributed by atoms with E-state index in [1.54, 1.807) is 0 Å². The van der Waals surface area contributed by atoms with Crippen LogP contribution in [0.1, 0.15) is 43.5 Å². The Hall–Kier alpha value is -1.59. The maximum Gasteiger partial charge on any atom is 0.231 e. The molecule has 1 saturated carbocycles. The maximum absolute atomic E-state index is 6.18. The number of nitrogens with zero attached hydrogens (tertiary/aromatic N) is 2. The minimum atomic E-state index is -0.361. The maximum atomic E-state index is 6.18. The van der Waals surface area contributed by atoms with Crippen molar-refractivity contribution in [1.82, 2.24) is 10.1 Å². The minimum Gasteiger partial charge on any atom is -0.494 e. The molecule has 0 saturated heterocycles. The van der Waals surface area contributed by atoms with Crippen LogP contribution in [0, 0.1) is 0 Å². The molecule has 21 heavy (non-hydrogen) atoms. The van der Waals surface area contributed by atoms with Gasteiger partial charge in [-0.2, -0.15) is 4.98 Å². The molecule has 0 atom stereocenters. The molecule has 2 N–H and O–H groups in total. The molecule has 114 valence electrons. The molecular formula is C15H20ClN3O2. The third kappa shape index (κ3) is 3.36. The number of benzene rings is 1. The molecule has 1 fully saturated rings. The van der Waals surface area contributed by atoms with Gasteiger partial charge in [-0.15, -0.1) is 12.4 Å². The molecule has 0 amide bonds. The van der Waals surface area contributed by atoms with Crippen LogP contribution in [-0.4, -0.2) is 16.7 Å². The molecule has 3 rings (SSSR count). The van der Waals surface area contributed by atoms with Gasteiger partial charge < -0.3 is 15.0 Å². The number of hydrogen-bond acceptors (Lipinski definition) is 5. The number of ether oxygens (including phenoxy) is 1. The molecular weight excluding hydrogens is 290 g/mol. The van der Waals surface area contributed by atoms with E-state index in [0.717, 1.165) is 30.6 Å². The lowest BCUT2D eigenvalue weighted by molar-refractivity contribution is 0.229. The van der Waals surface area contributed by atoms with Gasteiger partial charge in [0.05, 0.1) is 18.6 Å². The summed E-state index contributed by atoms with van der Waals surface area (Å²) in [4.78, 5) is 4.42. The summed E-state index contributed by atoms with van der Waals surface area (Å²) in [7, 11) is 0. The van der Waals surface area contributed by atoms with Gasteiger partial charge in [0.2, 0.25) is 5.89 Å². The van der Waals surface area contributed by atoms with Crippen LogP contribution in [0.4, 0.5) is 0 Å².